The maximum absolute atomic E-state index is 12.4. The van der Waals surface area contributed by atoms with Gasteiger partial charge in [-0.15, -0.1) is 0 Å². The molecule has 0 fully saturated rings. The van der Waals surface area contributed by atoms with Gasteiger partial charge in [0.15, 0.2) is 0 Å². The zero-order valence-corrected chi connectivity index (χ0v) is 15.4. The molecule has 0 radical (unpaired) electrons. The summed E-state index contributed by atoms with van der Waals surface area (Å²) in [6.07, 6.45) is 0. The number of carbonyl (C=O) groups is 1. The first kappa shape index (κ1) is 18.5. The van der Waals surface area contributed by atoms with Crippen LogP contribution in [-0.4, -0.2) is 21.4 Å². The first-order chi connectivity index (χ1) is 13.0. The Kier molecular flexibility index (Phi) is 5.42. The van der Waals surface area contributed by atoms with E-state index in [1.165, 1.54) is 31.4 Å². The zero-order chi connectivity index (χ0) is 19.3. The molecule has 0 aliphatic heterocycles. The second kappa shape index (κ2) is 7.92. The number of hydrogen-bond acceptors (Lipinski definition) is 4. The number of anilines is 2. The summed E-state index contributed by atoms with van der Waals surface area (Å²) in [7, 11) is -2.14. The summed E-state index contributed by atoms with van der Waals surface area (Å²) in [4.78, 5) is 12.6. The van der Waals surface area contributed by atoms with Crippen molar-refractivity contribution < 1.29 is 17.9 Å². The van der Waals surface area contributed by atoms with Crippen molar-refractivity contribution in [3.8, 4) is 5.75 Å². The largest absolute Gasteiger partial charge is 0.495 e. The Labute approximate surface area is 157 Å². The lowest BCUT2D eigenvalue weighted by atomic mass is 10.2. The van der Waals surface area contributed by atoms with Gasteiger partial charge in [-0.25, -0.2) is 8.42 Å². The van der Waals surface area contributed by atoms with Crippen molar-refractivity contribution in [2.75, 3.05) is 17.1 Å². The maximum Gasteiger partial charge on any atom is 0.261 e. The molecule has 0 heterocycles. The van der Waals surface area contributed by atoms with E-state index in [0.29, 0.717) is 22.7 Å². The van der Waals surface area contributed by atoms with E-state index in [-0.39, 0.29) is 10.8 Å². The van der Waals surface area contributed by atoms with Crippen LogP contribution in [0.4, 0.5) is 11.4 Å². The van der Waals surface area contributed by atoms with Crippen molar-refractivity contribution in [1.82, 2.24) is 0 Å². The summed E-state index contributed by atoms with van der Waals surface area (Å²) >= 11 is 0. The van der Waals surface area contributed by atoms with Crippen LogP contribution in [-0.2, 0) is 10.0 Å². The molecule has 3 aromatic carbocycles. The Hall–Kier alpha value is -3.32. The number of ether oxygens (including phenoxy) is 1. The Morgan fingerprint density at radius 3 is 2.15 bits per heavy atom. The number of amides is 1. The Morgan fingerprint density at radius 1 is 0.852 bits per heavy atom. The average Bonchev–Trinajstić information content (AvgIpc) is 2.69. The van der Waals surface area contributed by atoms with Crippen molar-refractivity contribution >= 4 is 27.3 Å². The highest BCUT2D eigenvalue weighted by molar-refractivity contribution is 7.92. The molecule has 0 aliphatic rings. The SMILES string of the molecule is COc1ccccc1NC(=O)c1ccc(NS(=O)(=O)c2ccccc2)cc1. The highest BCUT2D eigenvalue weighted by atomic mass is 32.2. The number of methoxy groups -OCH3 is 1. The normalized spacial score (nSPS) is 10.9. The van der Waals surface area contributed by atoms with E-state index in [1.54, 1.807) is 48.5 Å². The summed E-state index contributed by atoms with van der Waals surface area (Å²) in [6.45, 7) is 0. The summed E-state index contributed by atoms with van der Waals surface area (Å²) in [5.41, 5.74) is 1.31. The molecule has 0 saturated carbocycles. The van der Waals surface area contributed by atoms with Crippen LogP contribution in [0.3, 0.4) is 0 Å². The summed E-state index contributed by atoms with van der Waals surface area (Å²) in [5.74, 6) is 0.232. The van der Waals surface area contributed by atoms with Crippen LogP contribution in [0.2, 0.25) is 0 Å². The number of nitrogens with one attached hydrogen (secondary N) is 2. The van der Waals surface area contributed by atoms with E-state index in [9.17, 15) is 13.2 Å². The quantitative estimate of drug-likeness (QED) is 0.680. The Morgan fingerprint density at radius 2 is 1.48 bits per heavy atom. The van der Waals surface area contributed by atoms with Gasteiger partial charge >= 0.3 is 0 Å². The summed E-state index contributed by atoms with van der Waals surface area (Å²) < 4.78 is 32.4. The second-order valence-electron chi connectivity index (χ2n) is 5.65. The third kappa shape index (κ3) is 4.45. The molecule has 0 aliphatic carbocycles. The number of hydrogen-bond donors (Lipinski definition) is 2. The summed E-state index contributed by atoms with van der Waals surface area (Å²) in [6, 6.07) is 21.3. The molecule has 6 nitrogen and oxygen atoms in total. The first-order valence-electron chi connectivity index (χ1n) is 8.12. The predicted molar refractivity (Wildman–Crippen MR) is 105 cm³/mol. The van der Waals surface area contributed by atoms with E-state index in [2.05, 4.69) is 10.0 Å². The van der Waals surface area contributed by atoms with Crippen LogP contribution in [0.25, 0.3) is 0 Å². The minimum absolute atomic E-state index is 0.169. The third-order valence-electron chi connectivity index (χ3n) is 3.81. The molecule has 0 atom stereocenters. The van der Waals surface area contributed by atoms with Gasteiger partial charge in [-0.1, -0.05) is 30.3 Å². The van der Waals surface area contributed by atoms with E-state index in [1.807, 2.05) is 6.07 Å². The van der Waals surface area contributed by atoms with E-state index >= 15 is 0 Å². The number of para-hydroxylation sites is 2. The van der Waals surface area contributed by atoms with Gasteiger partial charge in [0.05, 0.1) is 17.7 Å². The Balaban J connectivity index is 1.72. The predicted octanol–water partition coefficient (Wildman–Crippen LogP) is 3.75. The lowest BCUT2D eigenvalue weighted by Gasteiger charge is -2.11. The lowest BCUT2D eigenvalue weighted by Crippen LogP contribution is -2.14. The number of carbonyl (C=O) groups excluding carboxylic acids is 1. The molecule has 3 aromatic rings. The zero-order valence-electron chi connectivity index (χ0n) is 14.5. The average molecular weight is 382 g/mol. The fourth-order valence-corrected chi connectivity index (χ4v) is 3.53. The van der Waals surface area contributed by atoms with Gasteiger partial charge < -0.3 is 10.1 Å². The smallest absolute Gasteiger partial charge is 0.261 e. The van der Waals surface area contributed by atoms with Crippen LogP contribution in [0.1, 0.15) is 10.4 Å². The molecule has 27 heavy (non-hydrogen) atoms. The highest BCUT2D eigenvalue weighted by Crippen LogP contribution is 2.24. The molecule has 0 aromatic heterocycles. The first-order valence-corrected chi connectivity index (χ1v) is 9.60. The van der Waals surface area contributed by atoms with Crippen molar-refractivity contribution in [2.24, 2.45) is 0 Å². The van der Waals surface area contributed by atoms with Gasteiger partial charge in [0, 0.05) is 11.3 Å². The molecule has 0 unspecified atom stereocenters. The van der Waals surface area contributed by atoms with Crippen LogP contribution < -0.4 is 14.8 Å². The Bertz CT molecular complexity index is 1030. The monoisotopic (exact) mass is 382 g/mol. The highest BCUT2D eigenvalue weighted by Gasteiger charge is 2.14. The van der Waals surface area contributed by atoms with Gasteiger partial charge in [0.1, 0.15) is 5.75 Å². The van der Waals surface area contributed by atoms with E-state index < -0.39 is 10.0 Å². The van der Waals surface area contributed by atoms with Gasteiger partial charge in [-0.2, -0.15) is 0 Å². The minimum atomic E-state index is -3.67. The molecule has 3 rings (SSSR count). The molecule has 0 spiro atoms. The summed E-state index contributed by atoms with van der Waals surface area (Å²) in [5, 5.41) is 2.77. The van der Waals surface area contributed by atoms with Gasteiger partial charge in [0.25, 0.3) is 15.9 Å². The van der Waals surface area contributed by atoms with Crippen molar-refractivity contribution in [3.05, 3.63) is 84.4 Å². The van der Waals surface area contributed by atoms with Gasteiger partial charge in [0.2, 0.25) is 0 Å². The molecule has 0 bridgehead atoms. The topological polar surface area (TPSA) is 84.5 Å². The fourth-order valence-electron chi connectivity index (χ4n) is 2.45. The van der Waals surface area contributed by atoms with Crippen molar-refractivity contribution in [3.63, 3.8) is 0 Å². The van der Waals surface area contributed by atoms with Gasteiger partial charge in [-0.3, -0.25) is 9.52 Å². The van der Waals surface area contributed by atoms with Crippen molar-refractivity contribution in [2.45, 2.75) is 4.90 Å². The standard InChI is InChI=1S/C20H18N2O4S/c1-26-19-10-6-5-9-18(19)21-20(23)15-11-13-16(14-12-15)22-27(24,25)17-7-3-2-4-8-17/h2-14,22H,1H3,(H,21,23). The number of sulfonamides is 1. The molecule has 0 saturated heterocycles. The van der Waals surface area contributed by atoms with E-state index in [0.717, 1.165) is 0 Å². The molecule has 1 amide bonds. The number of benzene rings is 3. The van der Waals surface area contributed by atoms with Crippen LogP contribution >= 0.6 is 0 Å². The molecule has 138 valence electrons. The number of rotatable bonds is 6. The van der Waals surface area contributed by atoms with Crippen LogP contribution in [0.15, 0.2) is 83.8 Å². The van der Waals surface area contributed by atoms with Crippen LogP contribution in [0.5, 0.6) is 5.75 Å². The molecule has 7 heteroatoms. The minimum Gasteiger partial charge on any atom is -0.495 e. The fraction of sp³-hybridized carbons (Fsp3) is 0.0500. The molecular formula is C20H18N2O4S. The lowest BCUT2D eigenvalue weighted by molar-refractivity contribution is 0.102. The molecular weight excluding hydrogens is 364 g/mol. The molecule has 2 N–H and O–H groups in total. The van der Waals surface area contributed by atoms with Gasteiger partial charge in [-0.05, 0) is 48.5 Å². The van der Waals surface area contributed by atoms with Crippen LogP contribution in [0, 0.1) is 0 Å². The second-order valence-corrected chi connectivity index (χ2v) is 7.33. The maximum atomic E-state index is 12.4. The van der Waals surface area contributed by atoms with E-state index in [4.69, 9.17) is 4.74 Å². The third-order valence-corrected chi connectivity index (χ3v) is 5.21. The van der Waals surface area contributed by atoms with Crippen molar-refractivity contribution in [1.29, 1.82) is 0 Å².